The maximum Gasteiger partial charge on any atom is 0.340 e. The summed E-state index contributed by atoms with van der Waals surface area (Å²) in [5, 5.41) is 0. The maximum absolute atomic E-state index is 12.4. The van der Waals surface area contributed by atoms with Gasteiger partial charge in [-0.25, -0.2) is 9.59 Å². The zero-order valence-corrected chi connectivity index (χ0v) is 16.5. The second-order valence-electron chi connectivity index (χ2n) is 5.90. The summed E-state index contributed by atoms with van der Waals surface area (Å²) in [7, 11) is 2.83. The topological polar surface area (TPSA) is 71.1 Å². The number of hydrogen-bond donors (Lipinski definition) is 0. The van der Waals surface area contributed by atoms with Crippen LogP contribution in [0.4, 0.5) is 0 Å². The zero-order valence-electron chi connectivity index (χ0n) is 15.7. The van der Waals surface area contributed by atoms with Crippen LogP contribution in [0.15, 0.2) is 60.7 Å². The molecule has 0 aliphatic rings. The molecular weight excluding hydrogens is 384 g/mol. The summed E-state index contributed by atoms with van der Waals surface area (Å²) in [6.07, 6.45) is -2.57. The molecule has 0 amide bonds. The number of alkyl halides is 1. The number of carbonyl (C=O) groups is 2. The molecule has 0 unspecified atom stereocenters. The molecule has 150 valence electrons. The molecule has 3 atom stereocenters. The highest BCUT2D eigenvalue weighted by Gasteiger charge is 2.27. The van der Waals surface area contributed by atoms with Gasteiger partial charge in [0.1, 0.15) is 12.7 Å². The number of rotatable bonds is 10. The Labute approximate surface area is 169 Å². The average Bonchev–Trinajstić information content (AvgIpc) is 2.73. The van der Waals surface area contributed by atoms with Gasteiger partial charge in [0.25, 0.3) is 0 Å². The number of hydrogen-bond acceptors (Lipinski definition) is 6. The van der Waals surface area contributed by atoms with Crippen LogP contribution in [-0.2, 0) is 28.5 Å². The van der Waals surface area contributed by atoms with Gasteiger partial charge in [-0.05, 0) is 11.1 Å². The smallest absolute Gasteiger partial charge is 0.340 e. The minimum Gasteiger partial charge on any atom is -0.460 e. The first kappa shape index (κ1) is 21.9. The van der Waals surface area contributed by atoms with Crippen LogP contribution >= 0.6 is 11.6 Å². The van der Waals surface area contributed by atoms with Crippen LogP contribution in [0.25, 0.3) is 0 Å². The maximum atomic E-state index is 12.4. The van der Waals surface area contributed by atoms with E-state index in [1.54, 1.807) is 48.5 Å². The van der Waals surface area contributed by atoms with Crippen molar-refractivity contribution < 1.29 is 28.5 Å². The molecular formula is C21H23ClO6. The van der Waals surface area contributed by atoms with Crippen LogP contribution in [-0.4, -0.2) is 44.7 Å². The Balaban J connectivity index is 1.94. The summed E-state index contributed by atoms with van der Waals surface area (Å²) in [6, 6.07) is 17.9. The molecule has 0 saturated heterocycles. The van der Waals surface area contributed by atoms with Crippen molar-refractivity contribution in [1.29, 1.82) is 0 Å². The summed E-state index contributed by atoms with van der Waals surface area (Å²) in [6.45, 7) is -0.189. The van der Waals surface area contributed by atoms with E-state index in [0.29, 0.717) is 11.1 Å². The molecule has 2 rings (SSSR count). The number of ether oxygens (including phenoxy) is 4. The lowest BCUT2D eigenvalue weighted by Crippen LogP contribution is -2.31. The molecule has 6 nitrogen and oxygen atoms in total. The largest absolute Gasteiger partial charge is 0.460 e. The van der Waals surface area contributed by atoms with Crippen LogP contribution in [0.2, 0.25) is 0 Å². The molecule has 28 heavy (non-hydrogen) atoms. The normalized spacial score (nSPS) is 14.0. The Morgan fingerprint density at radius 2 is 1.29 bits per heavy atom. The highest BCUT2D eigenvalue weighted by molar-refractivity contribution is 6.18. The fourth-order valence-corrected chi connectivity index (χ4v) is 2.73. The van der Waals surface area contributed by atoms with Gasteiger partial charge in [0.2, 0.25) is 0 Å². The molecule has 0 spiro atoms. The molecule has 0 aromatic heterocycles. The summed E-state index contributed by atoms with van der Waals surface area (Å²) >= 11 is 5.88. The third-order valence-corrected chi connectivity index (χ3v) is 4.31. The van der Waals surface area contributed by atoms with Gasteiger partial charge in [-0.2, -0.15) is 0 Å². The summed E-state index contributed by atoms with van der Waals surface area (Å²) in [5.74, 6) is -1.24. The van der Waals surface area contributed by atoms with Gasteiger partial charge in [0.05, 0.1) is 5.88 Å². The molecule has 0 fully saturated rings. The molecule has 0 saturated carbocycles. The number of benzene rings is 2. The van der Waals surface area contributed by atoms with E-state index in [1.165, 1.54) is 14.2 Å². The average molecular weight is 407 g/mol. The van der Waals surface area contributed by atoms with E-state index < -0.39 is 30.3 Å². The standard InChI is InChI=1S/C21H23ClO6/c1-25-18(15-9-5-3-6-10-15)20(23)27-14-17(13-22)28-21(24)19(26-2)16-11-7-4-8-12-16/h3-12,17-19H,13-14H2,1-2H3/t17-,18-,19-/m1/s1. The van der Waals surface area contributed by atoms with E-state index in [2.05, 4.69) is 0 Å². The highest BCUT2D eigenvalue weighted by atomic mass is 35.5. The van der Waals surface area contributed by atoms with Gasteiger partial charge in [-0.1, -0.05) is 60.7 Å². The molecule has 0 aliphatic heterocycles. The Hall–Kier alpha value is -2.41. The van der Waals surface area contributed by atoms with Crippen LogP contribution in [0.3, 0.4) is 0 Å². The molecule has 0 heterocycles. The van der Waals surface area contributed by atoms with Crippen LogP contribution in [0.1, 0.15) is 23.3 Å². The van der Waals surface area contributed by atoms with Crippen molar-refractivity contribution in [2.45, 2.75) is 18.3 Å². The predicted octanol–water partition coefficient (Wildman–Crippen LogP) is 3.46. The third-order valence-electron chi connectivity index (χ3n) is 3.97. The van der Waals surface area contributed by atoms with Gasteiger partial charge >= 0.3 is 11.9 Å². The minimum absolute atomic E-state index is 0.0345. The Bertz CT molecular complexity index is 737. The number of esters is 2. The van der Waals surface area contributed by atoms with Crippen molar-refractivity contribution in [3.63, 3.8) is 0 Å². The minimum atomic E-state index is -0.890. The van der Waals surface area contributed by atoms with Gasteiger partial charge < -0.3 is 18.9 Å². The predicted molar refractivity (Wildman–Crippen MR) is 104 cm³/mol. The van der Waals surface area contributed by atoms with Gasteiger partial charge in [0, 0.05) is 14.2 Å². The monoisotopic (exact) mass is 406 g/mol. The summed E-state index contributed by atoms with van der Waals surface area (Å²) < 4.78 is 21.1. The van der Waals surface area contributed by atoms with Gasteiger partial charge in [0.15, 0.2) is 12.2 Å². The third kappa shape index (κ3) is 6.05. The SMILES string of the molecule is CO[C@@H](C(=O)OC[C@@H](CCl)OC(=O)[C@H](OC)c1ccccc1)c1ccccc1. The molecule has 2 aromatic rings. The molecule has 0 bridgehead atoms. The number of methoxy groups -OCH3 is 2. The molecule has 0 radical (unpaired) electrons. The lowest BCUT2D eigenvalue weighted by molar-refractivity contribution is -0.170. The molecule has 7 heteroatoms. The molecule has 2 aromatic carbocycles. The quantitative estimate of drug-likeness (QED) is 0.444. The van der Waals surface area contributed by atoms with Crippen LogP contribution < -0.4 is 0 Å². The number of carbonyl (C=O) groups excluding carboxylic acids is 2. The molecule has 0 N–H and O–H groups in total. The highest BCUT2D eigenvalue weighted by Crippen LogP contribution is 2.20. The van der Waals surface area contributed by atoms with Crippen molar-refractivity contribution in [2.75, 3.05) is 26.7 Å². The Morgan fingerprint density at radius 1 is 0.821 bits per heavy atom. The summed E-state index contributed by atoms with van der Waals surface area (Å²) in [4.78, 5) is 24.8. The Kier molecular flexibility index (Phi) is 8.94. The zero-order chi connectivity index (χ0) is 20.4. The lowest BCUT2D eigenvalue weighted by atomic mass is 10.1. The first-order chi connectivity index (χ1) is 13.6. The van der Waals surface area contributed by atoms with Crippen molar-refractivity contribution >= 4 is 23.5 Å². The van der Waals surface area contributed by atoms with Gasteiger partial charge in [-0.3, -0.25) is 0 Å². The second kappa shape index (κ2) is 11.4. The van der Waals surface area contributed by atoms with Crippen LogP contribution in [0, 0.1) is 0 Å². The number of halogens is 1. The Morgan fingerprint density at radius 3 is 1.71 bits per heavy atom. The lowest BCUT2D eigenvalue weighted by Gasteiger charge is -2.21. The van der Waals surface area contributed by atoms with Gasteiger partial charge in [-0.15, -0.1) is 11.6 Å². The van der Waals surface area contributed by atoms with Crippen molar-refractivity contribution in [2.24, 2.45) is 0 Å². The van der Waals surface area contributed by atoms with E-state index in [9.17, 15) is 9.59 Å². The van der Waals surface area contributed by atoms with E-state index in [0.717, 1.165) is 0 Å². The first-order valence-corrected chi connectivity index (χ1v) is 9.22. The fraction of sp³-hybridized carbons (Fsp3) is 0.333. The van der Waals surface area contributed by atoms with E-state index in [4.69, 9.17) is 30.5 Å². The van der Waals surface area contributed by atoms with E-state index in [-0.39, 0.29) is 12.5 Å². The fourth-order valence-electron chi connectivity index (χ4n) is 2.58. The van der Waals surface area contributed by atoms with Crippen molar-refractivity contribution in [3.8, 4) is 0 Å². The van der Waals surface area contributed by atoms with Crippen molar-refractivity contribution in [1.82, 2.24) is 0 Å². The second-order valence-corrected chi connectivity index (χ2v) is 6.20. The molecule has 0 aliphatic carbocycles. The van der Waals surface area contributed by atoms with E-state index >= 15 is 0 Å². The van der Waals surface area contributed by atoms with Crippen LogP contribution in [0.5, 0.6) is 0 Å². The summed E-state index contributed by atoms with van der Waals surface area (Å²) in [5.41, 5.74) is 1.32. The van der Waals surface area contributed by atoms with E-state index in [1.807, 2.05) is 12.1 Å². The first-order valence-electron chi connectivity index (χ1n) is 8.69. The van der Waals surface area contributed by atoms with Crippen molar-refractivity contribution in [3.05, 3.63) is 71.8 Å².